The lowest BCUT2D eigenvalue weighted by Gasteiger charge is -2.09. The van der Waals surface area contributed by atoms with E-state index < -0.39 is 0 Å². The maximum atomic E-state index is 11.3. The van der Waals surface area contributed by atoms with Gasteiger partial charge in [-0.2, -0.15) is 5.10 Å². The third kappa shape index (κ3) is 1.97. The molecule has 0 N–H and O–H groups in total. The summed E-state index contributed by atoms with van der Waals surface area (Å²) in [4.78, 5) is 13.4. The molecule has 0 radical (unpaired) electrons. The zero-order valence-electron chi connectivity index (χ0n) is 9.77. The highest BCUT2D eigenvalue weighted by molar-refractivity contribution is 6.00. The van der Waals surface area contributed by atoms with Crippen LogP contribution in [0.25, 0.3) is 5.52 Å². The number of pyridine rings is 1. The first-order valence-corrected chi connectivity index (χ1v) is 5.20. The predicted molar refractivity (Wildman–Crippen MR) is 62.6 cm³/mol. The summed E-state index contributed by atoms with van der Waals surface area (Å²) in [5.41, 5.74) is 2.72. The third-order valence-electron chi connectivity index (χ3n) is 2.46. The van der Waals surface area contributed by atoms with Gasteiger partial charge in [0.05, 0.1) is 17.3 Å². The maximum absolute atomic E-state index is 11.3. The normalized spacial score (nSPS) is 11.2. The van der Waals surface area contributed by atoms with Crippen LogP contribution in [-0.2, 0) is 6.54 Å². The largest absolute Gasteiger partial charge is 0.305 e. The SMILES string of the molecule is CC(=O)c1cnn2cc(CN(C)C)ccc12. The van der Waals surface area contributed by atoms with E-state index in [0.717, 1.165) is 12.1 Å². The molecule has 0 fully saturated rings. The predicted octanol–water partition coefficient (Wildman–Crippen LogP) is 1.60. The van der Waals surface area contributed by atoms with Gasteiger partial charge in [-0.25, -0.2) is 4.52 Å². The Morgan fingerprint density at radius 3 is 2.81 bits per heavy atom. The van der Waals surface area contributed by atoms with Gasteiger partial charge >= 0.3 is 0 Å². The van der Waals surface area contributed by atoms with Crippen LogP contribution in [0.2, 0.25) is 0 Å². The lowest BCUT2D eigenvalue weighted by atomic mass is 10.2. The van der Waals surface area contributed by atoms with Gasteiger partial charge in [-0.15, -0.1) is 0 Å². The number of hydrogen-bond acceptors (Lipinski definition) is 3. The molecule has 4 heteroatoms. The maximum Gasteiger partial charge on any atom is 0.163 e. The number of nitrogens with zero attached hydrogens (tertiary/aromatic N) is 3. The van der Waals surface area contributed by atoms with E-state index >= 15 is 0 Å². The fourth-order valence-corrected chi connectivity index (χ4v) is 1.76. The number of aromatic nitrogens is 2. The monoisotopic (exact) mass is 217 g/mol. The van der Waals surface area contributed by atoms with Crippen LogP contribution in [0.5, 0.6) is 0 Å². The Kier molecular flexibility index (Phi) is 2.75. The molecule has 2 rings (SSSR count). The quantitative estimate of drug-likeness (QED) is 0.733. The standard InChI is InChI=1S/C12H15N3O/c1-9(16)11-6-13-15-8-10(7-14(2)3)4-5-12(11)15/h4-6,8H,7H2,1-3H3. The molecule has 0 aliphatic rings. The lowest BCUT2D eigenvalue weighted by Crippen LogP contribution is -2.11. The van der Waals surface area contributed by atoms with E-state index in [-0.39, 0.29) is 5.78 Å². The molecule has 0 amide bonds. The second kappa shape index (κ2) is 4.06. The van der Waals surface area contributed by atoms with Gasteiger partial charge < -0.3 is 4.90 Å². The second-order valence-corrected chi connectivity index (χ2v) is 4.22. The Morgan fingerprint density at radius 2 is 2.19 bits per heavy atom. The van der Waals surface area contributed by atoms with E-state index in [0.29, 0.717) is 5.56 Å². The summed E-state index contributed by atoms with van der Waals surface area (Å²) in [6, 6.07) is 3.98. The first kappa shape index (κ1) is 10.8. The van der Waals surface area contributed by atoms with Crippen molar-refractivity contribution in [2.45, 2.75) is 13.5 Å². The molecule has 0 spiro atoms. The molecule has 0 aromatic carbocycles. The number of carbonyl (C=O) groups excluding carboxylic acids is 1. The molecule has 0 bridgehead atoms. The van der Waals surface area contributed by atoms with Gasteiger partial charge in [-0.05, 0) is 32.6 Å². The van der Waals surface area contributed by atoms with E-state index in [1.807, 2.05) is 32.4 Å². The molecule has 0 aliphatic heterocycles. The highest BCUT2D eigenvalue weighted by Gasteiger charge is 2.08. The van der Waals surface area contributed by atoms with E-state index in [9.17, 15) is 4.79 Å². The Hall–Kier alpha value is -1.68. The van der Waals surface area contributed by atoms with Gasteiger partial charge in [0.1, 0.15) is 0 Å². The molecule has 0 aliphatic carbocycles. The fraction of sp³-hybridized carbons (Fsp3) is 0.333. The number of rotatable bonds is 3. The first-order chi connectivity index (χ1) is 7.58. The Morgan fingerprint density at radius 1 is 1.44 bits per heavy atom. The smallest absolute Gasteiger partial charge is 0.163 e. The Labute approximate surface area is 94.5 Å². The van der Waals surface area contributed by atoms with Crippen LogP contribution in [-0.4, -0.2) is 34.4 Å². The van der Waals surface area contributed by atoms with E-state index in [2.05, 4.69) is 10.00 Å². The van der Waals surface area contributed by atoms with Crippen molar-refractivity contribution < 1.29 is 4.79 Å². The van der Waals surface area contributed by atoms with Crippen LogP contribution in [0.15, 0.2) is 24.5 Å². The number of Topliss-reactive ketones (excluding diaryl/α,β-unsaturated/α-hetero) is 1. The number of hydrogen-bond donors (Lipinski definition) is 0. The molecular weight excluding hydrogens is 202 g/mol. The van der Waals surface area contributed by atoms with Gasteiger partial charge in [-0.1, -0.05) is 6.07 Å². The summed E-state index contributed by atoms with van der Waals surface area (Å²) >= 11 is 0. The first-order valence-electron chi connectivity index (χ1n) is 5.20. The minimum atomic E-state index is 0.0513. The summed E-state index contributed by atoms with van der Waals surface area (Å²) in [5.74, 6) is 0.0513. The van der Waals surface area contributed by atoms with Gasteiger partial charge in [-0.3, -0.25) is 4.79 Å². The van der Waals surface area contributed by atoms with E-state index in [4.69, 9.17) is 0 Å². The fourth-order valence-electron chi connectivity index (χ4n) is 1.76. The highest BCUT2D eigenvalue weighted by Crippen LogP contribution is 2.13. The van der Waals surface area contributed by atoms with Gasteiger partial charge in [0.15, 0.2) is 5.78 Å². The van der Waals surface area contributed by atoms with Crippen molar-refractivity contribution in [3.63, 3.8) is 0 Å². The van der Waals surface area contributed by atoms with Crippen LogP contribution in [0, 0.1) is 0 Å². The number of ketones is 1. The summed E-state index contributed by atoms with van der Waals surface area (Å²) in [7, 11) is 4.04. The van der Waals surface area contributed by atoms with Crippen molar-refractivity contribution in [2.24, 2.45) is 0 Å². The molecule has 4 nitrogen and oxygen atoms in total. The average Bonchev–Trinajstić information content (AvgIpc) is 2.59. The molecule has 2 aromatic rings. The van der Waals surface area contributed by atoms with Crippen LogP contribution < -0.4 is 0 Å². The van der Waals surface area contributed by atoms with Crippen molar-refractivity contribution >= 4 is 11.3 Å². The lowest BCUT2D eigenvalue weighted by molar-refractivity contribution is 0.101. The van der Waals surface area contributed by atoms with Crippen molar-refractivity contribution in [2.75, 3.05) is 14.1 Å². The second-order valence-electron chi connectivity index (χ2n) is 4.22. The molecule has 2 heterocycles. The average molecular weight is 217 g/mol. The molecule has 0 unspecified atom stereocenters. The molecule has 0 saturated heterocycles. The zero-order valence-corrected chi connectivity index (χ0v) is 9.77. The van der Waals surface area contributed by atoms with Crippen molar-refractivity contribution in [3.05, 3.63) is 35.7 Å². The molecule has 0 atom stereocenters. The van der Waals surface area contributed by atoms with E-state index in [1.54, 1.807) is 17.6 Å². The number of carbonyl (C=O) groups is 1. The third-order valence-corrected chi connectivity index (χ3v) is 2.46. The van der Waals surface area contributed by atoms with Gasteiger partial charge in [0, 0.05) is 12.7 Å². The molecule has 84 valence electrons. The van der Waals surface area contributed by atoms with Crippen LogP contribution in [0.4, 0.5) is 0 Å². The van der Waals surface area contributed by atoms with Gasteiger partial charge in [0.25, 0.3) is 0 Å². The number of fused-ring (bicyclic) bond motifs is 1. The summed E-state index contributed by atoms with van der Waals surface area (Å²) in [6.45, 7) is 2.43. The molecular formula is C12H15N3O. The highest BCUT2D eigenvalue weighted by atomic mass is 16.1. The summed E-state index contributed by atoms with van der Waals surface area (Å²) < 4.78 is 1.76. The van der Waals surface area contributed by atoms with Crippen LogP contribution in [0.3, 0.4) is 0 Å². The van der Waals surface area contributed by atoms with Crippen LogP contribution >= 0.6 is 0 Å². The minimum Gasteiger partial charge on any atom is -0.305 e. The molecule has 16 heavy (non-hydrogen) atoms. The topological polar surface area (TPSA) is 37.6 Å². The van der Waals surface area contributed by atoms with Crippen molar-refractivity contribution in [1.29, 1.82) is 0 Å². The van der Waals surface area contributed by atoms with E-state index in [1.165, 1.54) is 5.56 Å². The van der Waals surface area contributed by atoms with Crippen molar-refractivity contribution in [1.82, 2.24) is 14.5 Å². The summed E-state index contributed by atoms with van der Waals surface area (Å²) in [6.07, 6.45) is 3.58. The zero-order chi connectivity index (χ0) is 11.7. The van der Waals surface area contributed by atoms with Crippen LogP contribution in [0.1, 0.15) is 22.8 Å². The Bertz CT molecular complexity index is 528. The molecule has 2 aromatic heterocycles. The minimum absolute atomic E-state index is 0.0513. The van der Waals surface area contributed by atoms with Gasteiger partial charge in [0.2, 0.25) is 0 Å². The molecule has 0 saturated carbocycles. The van der Waals surface area contributed by atoms with Crippen molar-refractivity contribution in [3.8, 4) is 0 Å². The summed E-state index contributed by atoms with van der Waals surface area (Å²) in [5, 5.41) is 4.19. The Balaban J connectivity index is 2.45.